The van der Waals surface area contributed by atoms with Gasteiger partial charge < -0.3 is 10.4 Å². The quantitative estimate of drug-likeness (QED) is 0.891. The number of nitrogens with one attached hydrogen (secondary N) is 1. The lowest BCUT2D eigenvalue weighted by molar-refractivity contribution is -0.117. The average Bonchev–Trinajstić information content (AvgIpc) is 2.98. The van der Waals surface area contributed by atoms with Crippen molar-refractivity contribution in [3.8, 4) is 0 Å². The number of likely N-dealkylation sites (tertiary alicyclic amines) is 1. The van der Waals surface area contributed by atoms with Crippen molar-refractivity contribution in [3.63, 3.8) is 0 Å². The lowest BCUT2D eigenvalue weighted by atomic mass is 10.2. The molecule has 6 nitrogen and oxygen atoms in total. The molecule has 0 radical (unpaired) electrons. The molecule has 19 heavy (non-hydrogen) atoms. The minimum Gasteiger partial charge on any atom is -0.392 e. The summed E-state index contributed by atoms with van der Waals surface area (Å²) in [4.78, 5) is 13.9. The molecule has 1 aromatic carbocycles. The number of fused-ring (bicyclic) bond motifs is 1. The molecule has 7 heteroatoms. The molecule has 0 bridgehead atoms. The number of benzene rings is 1. The first-order valence-corrected chi connectivity index (χ1v) is 6.87. The molecule has 0 spiro atoms. The van der Waals surface area contributed by atoms with Crippen molar-refractivity contribution in [3.05, 3.63) is 18.2 Å². The van der Waals surface area contributed by atoms with Crippen LogP contribution < -0.4 is 5.32 Å². The van der Waals surface area contributed by atoms with Crippen LogP contribution in [0.2, 0.25) is 0 Å². The van der Waals surface area contributed by atoms with Crippen LogP contribution in [0.4, 0.5) is 17.1 Å². The molecule has 0 aromatic heterocycles. The smallest absolute Gasteiger partial charge is 0.238 e. The summed E-state index contributed by atoms with van der Waals surface area (Å²) in [7, 11) is 0. The highest BCUT2D eigenvalue weighted by Crippen LogP contribution is 2.38. The van der Waals surface area contributed by atoms with Crippen molar-refractivity contribution >= 4 is 34.3 Å². The molecule has 1 fully saturated rings. The minimum atomic E-state index is -0.307. The summed E-state index contributed by atoms with van der Waals surface area (Å²) in [5.74, 6) is -0.0883. The zero-order chi connectivity index (χ0) is 13.2. The van der Waals surface area contributed by atoms with Gasteiger partial charge in [0.1, 0.15) is 11.4 Å². The predicted molar refractivity (Wildman–Crippen MR) is 73.7 cm³/mol. The van der Waals surface area contributed by atoms with Gasteiger partial charge in [-0.25, -0.2) is 0 Å². The van der Waals surface area contributed by atoms with Gasteiger partial charge in [-0.3, -0.25) is 9.69 Å². The number of carbonyl (C=O) groups is 1. The number of nitrogens with zero attached hydrogens (tertiary/aromatic N) is 3. The Morgan fingerprint density at radius 1 is 1.53 bits per heavy atom. The van der Waals surface area contributed by atoms with Gasteiger partial charge in [0.25, 0.3) is 0 Å². The van der Waals surface area contributed by atoms with Crippen molar-refractivity contribution < 1.29 is 9.90 Å². The van der Waals surface area contributed by atoms with Gasteiger partial charge in [0.05, 0.1) is 29.7 Å². The van der Waals surface area contributed by atoms with Gasteiger partial charge in [0.2, 0.25) is 5.91 Å². The lowest BCUT2D eigenvalue weighted by Crippen LogP contribution is -2.32. The molecule has 1 aromatic rings. The van der Waals surface area contributed by atoms with E-state index in [4.69, 9.17) is 0 Å². The van der Waals surface area contributed by atoms with Crippen molar-refractivity contribution in [1.29, 1.82) is 0 Å². The first kappa shape index (κ1) is 12.5. The second-order valence-corrected chi connectivity index (χ2v) is 5.19. The minimum absolute atomic E-state index is 0.0883. The van der Waals surface area contributed by atoms with Crippen LogP contribution in [-0.4, -0.2) is 41.7 Å². The van der Waals surface area contributed by atoms with E-state index in [1.807, 2.05) is 23.1 Å². The molecule has 0 aliphatic carbocycles. The van der Waals surface area contributed by atoms with E-state index in [-0.39, 0.29) is 12.0 Å². The van der Waals surface area contributed by atoms with Crippen LogP contribution in [0.3, 0.4) is 0 Å². The molecule has 2 aliphatic heterocycles. The van der Waals surface area contributed by atoms with E-state index in [2.05, 4.69) is 14.0 Å². The van der Waals surface area contributed by atoms with Gasteiger partial charge in [-0.15, -0.1) is 0 Å². The Balaban J connectivity index is 1.64. The van der Waals surface area contributed by atoms with Gasteiger partial charge in [-0.1, -0.05) is 6.07 Å². The van der Waals surface area contributed by atoms with Gasteiger partial charge in [0.15, 0.2) is 0 Å². The van der Waals surface area contributed by atoms with Crippen LogP contribution in [0.1, 0.15) is 6.42 Å². The van der Waals surface area contributed by atoms with Crippen molar-refractivity contribution in [2.24, 2.45) is 8.73 Å². The Bertz CT molecular complexity index is 583. The number of hydrogen-bond acceptors (Lipinski definition) is 5. The molecule has 1 saturated heterocycles. The van der Waals surface area contributed by atoms with Crippen LogP contribution in [0.15, 0.2) is 26.9 Å². The maximum absolute atomic E-state index is 12.0. The third kappa shape index (κ3) is 2.73. The molecule has 2 aliphatic rings. The van der Waals surface area contributed by atoms with Crippen molar-refractivity contribution in [2.45, 2.75) is 12.5 Å². The Labute approximate surface area is 114 Å². The molecular weight excluding hydrogens is 264 g/mol. The van der Waals surface area contributed by atoms with E-state index >= 15 is 0 Å². The summed E-state index contributed by atoms with van der Waals surface area (Å²) in [5.41, 5.74) is 2.21. The number of anilines is 1. The molecular formula is C12H14N4O2S. The Kier molecular flexibility index (Phi) is 3.41. The molecule has 2 N–H and O–H groups in total. The number of aliphatic hydroxyl groups is 1. The number of hydrogen-bond donors (Lipinski definition) is 2. The van der Waals surface area contributed by atoms with Crippen molar-refractivity contribution in [1.82, 2.24) is 4.90 Å². The van der Waals surface area contributed by atoms with E-state index in [0.717, 1.165) is 35.7 Å². The molecule has 0 saturated carbocycles. The highest BCUT2D eigenvalue weighted by atomic mass is 32.1. The number of β-amino-alcohol motifs (C(OH)–C–C–N with tert-alkyl or cyclic N) is 1. The lowest BCUT2D eigenvalue weighted by Gasteiger charge is -2.15. The molecule has 1 atom stereocenters. The number of carbonyl (C=O) groups excluding carboxylic acids is 1. The zero-order valence-electron chi connectivity index (χ0n) is 10.2. The summed E-state index contributed by atoms with van der Waals surface area (Å²) >= 11 is 1.13. The highest BCUT2D eigenvalue weighted by Gasteiger charge is 2.22. The monoisotopic (exact) mass is 278 g/mol. The first-order chi connectivity index (χ1) is 9.22. The van der Waals surface area contributed by atoms with Gasteiger partial charge in [0, 0.05) is 13.1 Å². The molecule has 2 heterocycles. The van der Waals surface area contributed by atoms with E-state index in [0.29, 0.717) is 18.8 Å². The third-order valence-corrected chi connectivity index (χ3v) is 3.72. The Hall–Kier alpha value is -1.57. The average molecular weight is 278 g/mol. The van der Waals surface area contributed by atoms with Crippen LogP contribution in [0.5, 0.6) is 0 Å². The van der Waals surface area contributed by atoms with E-state index in [1.54, 1.807) is 0 Å². The topological polar surface area (TPSA) is 77.3 Å². The summed E-state index contributed by atoms with van der Waals surface area (Å²) in [6.07, 6.45) is 0.428. The van der Waals surface area contributed by atoms with Gasteiger partial charge in [-0.05, 0) is 18.6 Å². The molecule has 0 unspecified atom stereocenters. The van der Waals surface area contributed by atoms with E-state index in [1.165, 1.54) is 0 Å². The summed E-state index contributed by atoms with van der Waals surface area (Å²) in [6.45, 7) is 1.62. The van der Waals surface area contributed by atoms with Crippen LogP contribution >= 0.6 is 0 Å². The maximum Gasteiger partial charge on any atom is 0.238 e. The van der Waals surface area contributed by atoms with Crippen LogP contribution in [-0.2, 0) is 16.1 Å². The largest absolute Gasteiger partial charge is 0.392 e. The first-order valence-electron chi connectivity index (χ1n) is 6.14. The number of aliphatic hydroxyl groups excluding tert-OH is 1. The van der Waals surface area contributed by atoms with Crippen molar-refractivity contribution in [2.75, 3.05) is 25.0 Å². The Morgan fingerprint density at radius 3 is 3.21 bits per heavy atom. The summed E-state index contributed by atoms with van der Waals surface area (Å²) < 4.78 is 8.31. The second kappa shape index (κ2) is 5.20. The molecule has 3 rings (SSSR count). The fraction of sp³-hybridized carbons (Fsp3) is 0.417. The van der Waals surface area contributed by atoms with E-state index < -0.39 is 0 Å². The highest BCUT2D eigenvalue weighted by molar-refractivity contribution is 7.58. The Morgan fingerprint density at radius 2 is 2.42 bits per heavy atom. The van der Waals surface area contributed by atoms with Gasteiger partial charge in [-0.2, -0.15) is 8.73 Å². The molecule has 100 valence electrons. The predicted octanol–water partition coefficient (Wildman–Crippen LogP) is 1.42. The maximum atomic E-state index is 12.0. The number of rotatable bonds is 3. The van der Waals surface area contributed by atoms with Crippen LogP contribution in [0, 0.1) is 0 Å². The fourth-order valence-electron chi connectivity index (χ4n) is 2.26. The zero-order valence-corrected chi connectivity index (χ0v) is 11.1. The summed E-state index contributed by atoms with van der Waals surface area (Å²) in [6, 6.07) is 5.53. The van der Waals surface area contributed by atoms with Crippen LogP contribution in [0.25, 0.3) is 0 Å². The summed E-state index contributed by atoms with van der Waals surface area (Å²) in [5, 5.41) is 12.3. The third-order valence-electron chi connectivity index (χ3n) is 3.17. The second-order valence-electron chi connectivity index (χ2n) is 4.66. The SMILES string of the molecule is O=C(CN1CC[C@@H](O)C1)Nc1cccc2c1N=S=N2. The van der Waals surface area contributed by atoms with E-state index in [9.17, 15) is 9.90 Å². The number of amides is 1. The fourth-order valence-corrected chi connectivity index (χ4v) is 2.81. The normalized spacial score (nSPS) is 21.2. The molecule has 1 amide bonds. The van der Waals surface area contributed by atoms with Gasteiger partial charge >= 0.3 is 0 Å². The standard InChI is InChI=1S/C12H14N4O2S/c17-8-4-5-16(6-8)7-11(18)13-9-2-1-3-10-12(9)15-19-14-10/h1-3,8,17H,4-7H2,(H,13,18)/t8-/m1/s1.